The van der Waals surface area contributed by atoms with Crippen molar-refractivity contribution in [3.63, 3.8) is 0 Å². The van der Waals surface area contributed by atoms with E-state index in [9.17, 15) is 0 Å². The number of nitrogens with zero attached hydrogens (tertiary/aromatic N) is 3. The normalized spacial score (nSPS) is 10.5. The molecule has 1 aromatic carbocycles. The summed E-state index contributed by atoms with van der Waals surface area (Å²) >= 11 is 0. The Hall–Kier alpha value is -1.84. The number of benzene rings is 1. The van der Waals surface area contributed by atoms with Crippen LogP contribution < -0.4 is 5.32 Å². The Bertz CT molecular complexity index is 485. The number of nitrogens with one attached hydrogen (secondary N) is 1. The van der Waals surface area contributed by atoms with Gasteiger partial charge >= 0.3 is 0 Å². The molecule has 17 heavy (non-hydrogen) atoms. The summed E-state index contributed by atoms with van der Waals surface area (Å²) in [6, 6.07) is 8.36. The SMILES string of the molecule is CCNc1nnc(-c2ccc(C)cc2)n1CC. The van der Waals surface area contributed by atoms with Crippen molar-refractivity contribution in [1.29, 1.82) is 0 Å². The van der Waals surface area contributed by atoms with Crippen molar-refractivity contribution in [2.45, 2.75) is 27.3 Å². The number of hydrogen-bond acceptors (Lipinski definition) is 3. The summed E-state index contributed by atoms with van der Waals surface area (Å²) in [5.41, 5.74) is 2.36. The zero-order valence-corrected chi connectivity index (χ0v) is 10.6. The van der Waals surface area contributed by atoms with Crippen LogP contribution in [0.5, 0.6) is 0 Å². The molecule has 0 aliphatic rings. The molecule has 0 amide bonds. The third-order valence-electron chi connectivity index (χ3n) is 2.71. The van der Waals surface area contributed by atoms with Crippen LogP contribution in [0.25, 0.3) is 11.4 Å². The monoisotopic (exact) mass is 230 g/mol. The van der Waals surface area contributed by atoms with Crippen molar-refractivity contribution in [1.82, 2.24) is 14.8 Å². The highest BCUT2D eigenvalue weighted by Gasteiger charge is 2.11. The van der Waals surface area contributed by atoms with E-state index in [-0.39, 0.29) is 0 Å². The molecule has 0 saturated carbocycles. The Balaban J connectivity index is 2.41. The van der Waals surface area contributed by atoms with Crippen LogP contribution in [0.4, 0.5) is 5.95 Å². The maximum absolute atomic E-state index is 4.26. The van der Waals surface area contributed by atoms with Crippen LogP contribution in [-0.4, -0.2) is 21.3 Å². The molecule has 0 saturated heterocycles. The fraction of sp³-hybridized carbons (Fsp3) is 0.385. The Labute approximate surface area is 102 Å². The van der Waals surface area contributed by atoms with Crippen molar-refractivity contribution in [2.24, 2.45) is 0 Å². The summed E-state index contributed by atoms with van der Waals surface area (Å²) in [6.45, 7) is 7.95. The van der Waals surface area contributed by atoms with E-state index >= 15 is 0 Å². The second-order valence-electron chi connectivity index (χ2n) is 3.99. The largest absolute Gasteiger partial charge is 0.355 e. The van der Waals surface area contributed by atoms with Crippen molar-refractivity contribution in [3.05, 3.63) is 29.8 Å². The van der Waals surface area contributed by atoms with Crippen LogP contribution in [0.3, 0.4) is 0 Å². The topological polar surface area (TPSA) is 42.7 Å². The first-order valence-corrected chi connectivity index (χ1v) is 6.00. The highest BCUT2D eigenvalue weighted by Crippen LogP contribution is 2.20. The molecule has 4 nitrogen and oxygen atoms in total. The molecule has 1 N–H and O–H groups in total. The highest BCUT2D eigenvalue weighted by molar-refractivity contribution is 5.57. The molecule has 0 bridgehead atoms. The van der Waals surface area contributed by atoms with Crippen LogP contribution >= 0.6 is 0 Å². The maximum Gasteiger partial charge on any atom is 0.224 e. The molecular formula is C13H18N4. The van der Waals surface area contributed by atoms with Crippen LogP contribution in [0.1, 0.15) is 19.4 Å². The van der Waals surface area contributed by atoms with Gasteiger partial charge in [0.1, 0.15) is 0 Å². The zero-order chi connectivity index (χ0) is 12.3. The fourth-order valence-corrected chi connectivity index (χ4v) is 1.81. The minimum atomic E-state index is 0.838. The molecule has 0 unspecified atom stereocenters. The second-order valence-corrected chi connectivity index (χ2v) is 3.99. The standard InChI is InChI=1S/C13H18N4/c1-4-14-13-16-15-12(17(13)5-2)11-8-6-10(3)7-9-11/h6-9H,4-5H2,1-3H3,(H,14,16). The molecule has 90 valence electrons. The first kappa shape index (κ1) is 11.6. The second kappa shape index (κ2) is 4.99. The van der Waals surface area contributed by atoms with Gasteiger partial charge in [-0.2, -0.15) is 0 Å². The fourth-order valence-electron chi connectivity index (χ4n) is 1.81. The van der Waals surface area contributed by atoms with E-state index in [0.29, 0.717) is 0 Å². The van der Waals surface area contributed by atoms with Gasteiger partial charge in [0.15, 0.2) is 5.82 Å². The molecule has 0 aliphatic heterocycles. The number of aryl methyl sites for hydroxylation is 1. The van der Waals surface area contributed by atoms with E-state index < -0.39 is 0 Å². The molecule has 1 heterocycles. The molecule has 1 aromatic heterocycles. The van der Waals surface area contributed by atoms with Gasteiger partial charge in [-0.05, 0) is 20.8 Å². The third-order valence-corrected chi connectivity index (χ3v) is 2.71. The van der Waals surface area contributed by atoms with Gasteiger partial charge in [0.2, 0.25) is 5.95 Å². The van der Waals surface area contributed by atoms with E-state index in [1.54, 1.807) is 0 Å². The van der Waals surface area contributed by atoms with Crippen LogP contribution in [0, 0.1) is 6.92 Å². The summed E-state index contributed by atoms with van der Waals surface area (Å²) in [4.78, 5) is 0. The first-order valence-electron chi connectivity index (χ1n) is 6.00. The molecule has 2 aromatic rings. The molecule has 0 atom stereocenters. The zero-order valence-electron chi connectivity index (χ0n) is 10.6. The van der Waals surface area contributed by atoms with Gasteiger partial charge in [0.05, 0.1) is 0 Å². The number of anilines is 1. The minimum absolute atomic E-state index is 0.838. The van der Waals surface area contributed by atoms with E-state index in [1.807, 2.05) is 0 Å². The van der Waals surface area contributed by atoms with Gasteiger partial charge in [0.25, 0.3) is 0 Å². The Kier molecular flexibility index (Phi) is 3.42. The lowest BCUT2D eigenvalue weighted by molar-refractivity contribution is 0.770. The summed E-state index contributed by atoms with van der Waals surface area (Å²) < 4.78 is 2.09. The summed E-state index contributed by atoms with van der Waals surface area (Å²) in [5, 5.41) is 11.7. The minimum Gasteiger partial charge on any atom is -0.355 e. The quantitative estimate of drug-likeness (QED) is 0.878. The van der Waals surface area contributed by atoms with E-state index in [2.05, 4.69) is 65.1 Å². The smallest absolute Gasteiger partial charge is 0.224 e. The van der Waals surface area contributed by atoms with Crippen molar-refractivity contribution >= 4 is 5.95 Å². The Morgan fingerprint density at radius 1 is 1.12 bits per heavy atom. The molecule has 0 spiro atoms. The molecule has 0 aliphatic carbocycles. The molecule has 2 rings (SSSR count). The lowest BCUT2D eigenvalue weighted by Gasteiger charge is -2.08. The summed E-state index contributed by atoms with van der Waals surface area (Å²) in [7, 11) is 0. The summed E-state index contributed by atoms with van der Waals surface area (Å²) in [5.74, 6) is 1.76. The van der Waals surface area contributed by atoms with Gasteiger partial charge in [0, 0.05) is 18.7 Å². The predicted molar refractivity (Wildman–Crippen MR) is 70.0 cm³/mol. The predicted octanol–water partition coefficient (Wildman–Crippen LogP) is 2.71. The van der Waals surface area contributed by atoms with Crippen molar-refractivity contribution in [3.8, 4) is 11.4 Å². The molecule has 0 fully saturated rings. The Morgan fingerprint density at radius 2 is 1.82 bits per heavy atom. The summed E-state index contributed by atoms with van der Waals surface area (Å²) in [6.07, 6.45) is 0. The lowest BCUT2D eigenvalue weighted by Crippen LogP contribution is -2.06. The van der Waals surface area contributed by atoms with Crippen LogP contribution in [-0.2, 0) is 6.54 Å². The lowest BCUT2D eigenvalue weighted by atomic mass is 10.1. The van der Waals surface area contributed by atoms with E-state index in [1.165, 1.54) is 5.56 Å². The van der Waals surface area contributed by atoms with Gasteiger partial charge in [-0.3, -0.25) is 4.57 Å². The number of hydrogen-bond donors (Lipinski definition) is 1. The highest BCUT2D eigenvalue weighted by atomic mass is 15.3. The van der Waals surface area contributed by atoms with E-state index in [0.717, 1.165) is 30.4 Å². The van der Waals surface area contributed by atoms with Crippen molar-refractivity contribution < 1.29 is 0 Å². The molecule has 0 radical (unpaired) electrons. The van der Waals surface area contributed by atoms with Gasteiger partial charge < -0.3 is 5.32 Å². The van der Waals surface area contributed by atoms with Crippen LogP contribution in [0.2, 0.25) is 0 Å². The Morgan fingerprint density at radius 3 is 2.41 bits per heavy atom. The van der Waals surface area contributed by atoms with Crippen LogP contribution in [0.15, 0.2) is 24.3 Å². The van der Waals surface area contributed by atoms with Gasteiger partial charge in [-0.1, -0.05) is 29.8 Å². The number of aromatic nitrogens is 3. The molecule has 4 heteroatoms. The maximum atomic E-state index is 4.26. The van der Waals surface area contributed by atoms with E-state index in [4.69, 9.17) is 0 Å². The van der Waals surface area contributed by atoms with Gasteiger partial charge in [-0.15, -0.1) is 10.2 Å². The van der Waals surface area contributed by atoms with Gasteiger partial charge in [-0.25, -0.2) is 0 Å². The average Bonchev–Trinajstić information content (AvgIpc) is 2.73. The first-order chi connectivity index (χ1) is 8.26. The average molecular weight is 230 g/mol. The van der Waals surface area contributed by atoms with Crippen molar-refractivity contribution in [2.75, 3.05) is 11.9 Å². The molecular weight excluding hydrogens is 212 g/mol. The third kappa shape index (κ3) is 2.30. The number of rotatable bonds is 4.